The first-order valence-corrected chi connectivity index (χ1v) is 8.83. The lowest BCUT2D eigenvalue weighted by Crippen LogP contribution is -2.27. The first-order chi connectivity index (χ1) is 13.5. The summed E-state index contributed by atoms with van der Waals surface area (Å²) in [5.41, 5.74) is 2.24. The lowest BCUT2D eigenvalue weighted by Gasteiger charge is -2.09. The summed E-state index contributed by atoms with van der Waals surface area (Å²) in [6.45, 7) is 2.10. The third-order valence-electron chi connectivity index (χ3n) is 4.07. The van der Waals surface area contributed by atoms with E-state index < -0.39 is 0 Å². The van der Waals surface area contributed by atoms with Gasteiger partial charge in [0.1, 0.15) is 17.3 Å². The molecule has 0 fully saturated rings. The molecular formula is C21H21FN4O2. The molecule has 0 unspecified atom stereocenters. The van der Waals surface area contributed by atoms with E-state index in [0.717, 1.165) is 11.4 Å². The summed E-state index contributed by atoms with van der Waals surface area (Å²) in [6.07, 6.45) is 0.402. The smallest absolute Gasteiger partial charge is 0.270 e. The third kappa shape index (κ3) is 5.03. The van der Waals surface area contributed by atoms with Crippen LogP contribution in [0.15, 0.2) is 54.6 Å². The maximum Gasteiger partial charge on any atom is 0.270 e. The molecule has 0 aliphatic carbocycles. The van der Waals surface area contributed by atoms with Crippen molar-refractivity contribution in [2.75, 3.05) is 19.0 Å². The molecule has 2 aromatic carbocycles. The van der Waals surface area contributed by atoms with Crippen molar-refractivity contribution in [3.8, 4) is 5.75 Å². The normalized spacial score (nSPS) is 10.4. The van der Waals surface area contributed by atoms with Crippen molar-refractivity contribution >= 4 is 17.5 Å². The fraction of sp³-hybridized carbons (Fsp3) is 0.190. The van der Waals surface area contributed by atoms with Crippen LogP contribution in [0.5, 0.6) is 5.75 Å². The largest absolute Gasteiger partial charge is 0.497 e. The maximum absolute atomic E-state index is 13.6. The first kappa shape index (κ1) is 19.3. The summed E-state index contributed by atoms with van der Waals surface area (Å²) in [5, 5.41) is 5.84. The van der Waals surface area contributed by atoms with E-state index in [-0.39, 0.29) is 17.4 Å². The van der Waals surface area contributed by atoms with Gasteiger partial charge in [-0.05, 0) is 55.3 Å². The molecule has 0 radical (unpaired) electrons. The van der Waals surface area contributed by atoms with Crippen LogP contribution < -0.4 is 15.4 Å². The number of ether oxygens (including phenoxy) is 1. The number of hydrogen-bond donors (Lipinski definition) is 2. The van der Waals surface area contributed by atoms with Gasteiger partial charge in [0.25, 0.3) is 5.91 Å². The topological polar surface area (TPSA) is 76.1 Å². The molecule has 144 valence electrons. The predicted octanol–water partition coefficient (Wildman–Crippen LogP) is 3.65. The first-order valence-electron chi connectivity index (χ1n) is 8.83. The van der Waals surface area contributed by atoms with Crippen LogP contribution in [0.4, 0.5) is 16.0 Å². The Labute approximate surface area is 162 Å². The van der Waals surface area contributed by atoms with Crippen molar-refractivity contribution in [3.63, 3.8) is 0 Å². The second-order valence-corrected chi connectivity index (χ2v) is 6.17. The van der Waals surface area contributed by atoms with Gasteiger partial charge >= 0.3 is 0 Å². The third-order valence-corrected chi connectivity index (χ3v) is 4.07. The summed E-state index contributed by atoms with van der Waals surface area (Å²) >= 11 is 0. The second-order valence-electron chi connectivity index (χ2n) is 6.17. The molecule has 2 N–H and O–H groups in total. The van der Waals surface area contributed by atoms with Crippen molar-refractivity contribution in [2.24, 2.45) is 0 Å². The number of nitrogens with zero attached hydrogens (tertiary/aromatic N) is 2. The second kappa shape index (κ2) is 8.94. The van der Waals surface area contributed by atoms with Gasteiger partial charge < -0.3 is 15.4 Å². The highest BCUT2D eigenvalue weighted by Crippen LogP contribution is 2.18. The lowest BCUT2D eigenvalue weighted by atomic mass is 10.1. The van der Waals surface area contributed by atoms with E-state index in [2.05, 4.69) is 20.6 Å². The minimum Gasteiger partial charge on any atom is -0.497 e. The highest BCUT2D eigenvalue weighted by Gasteiger charge is 2.11. The molecule has 0 spiro atoms. The van der Waals surface area contributed by atoms with Crippen LogP contribution in [-0.2, 0) is 6.42 Å². The number of benzene rings is 2. The van der Waals surface area contributed by atoms with Crippen LogP contribution in [0.2, 0.25) is 0 Å². The molecule has 1 amide bonds. The highest BCUT2D eigenvalue weighted by molar-refractivity contribution is 5.92. The van der Waals surface area contributed by atoms with E-state index in [1.54, 1.807) is 38.3 Å². The molecule has 0 saturated carbocycles. The van der Waals surface area contributed by atoms with Gasteiger partial charge in [-0.25, -0.2) is 14.4 Å². The predicted molar refractivity (Wildman–Crippen MR) is 105 cm³/mol. The van der Waals surface area contributed by atoms with Gasteiger partial charge in [-0.15, -0.1) is 0 Å². The van der Waals surface area contributed by atoms with Gasteiger partial charge in [0, 0.05) is 17.9 Å². The van der Waals surface area contributed by atoms with Gasteiger partial charge in [-0.2, -0.15) is 0 Å². The Morgan fingerprint density at radius 2 is 1.86 bits per heavy atom. The average molecular weight is 380 g/mol. The number of anilines is 2. The molecule has 6 nitrogen and oxygen atoms in total. The summed E-state index contributed by atoms with van der Waals surface area (Å²) in [6, 6.07) is 15.4. The zero-order chi connectivity index (χ0) is 19.9. The minimum atomic E-state index is -0.334. The van der Waals surface area contributed by atoms with E-state index in [1.807, 2.05) is 24.3 Å². The summed E-state index contributed by atoms with van der Waals surface area (Å²) in [7, 11) is 1.60. The van der Waals surface area contributed by atoms with Crippen LogP contribution in [0.25, 0.3) is 0 Å². The number of carbonyl (C=O) groups is 1. The fourth-order valence-electron chi connectivity index (χ4n) is 2.65. The minimum absolute atomic E-state index is 0.247. The molecule has 3 rings (SSSR count). The Balaban J connectivity index is 1.64. The van der Waals surface area contributed by atoms with Crippen LogP contribution >= 0.6 is 0 Å². The van der Waals surface area contributed by atoms with Gasteiger partial charge in [0.2, 0.25) is 5.95 Å². The monoisotopic (exact) mass is 380 g/mol. The number of aryl methyl sites for hydroxylation is 1. The van der Waals surface area contributed by atoms with Crippen LogP contribution in [0, 0.1) is 12.7 Å². The molecule has 7 heteroatoms. The Morgan fingerprint density at radius 1 is 1.11 bits per heavy atom. The number of amides is 1. The van der Waals surface area contributed by atoms with E-state index in [0.29, 0.717) is 30.2 Å². The SMILES string of the molecule is COc1ccc(Nc2nc(C)cc(C(=O)NCCc3ccccc3F)n2)cc1. The maximum atomic E-state index is 13.6. The molecule has 0 bridgehead atoms. The van der Waals surface area contributed by atoms with Crippen LogP contribution in [0.1, 0.15) is 21.7 Å². The zero-order valence-electron chi connectivity index (χ0n) is 15.7. The highest BCUT2D eigenvalue weighted by atomic mass is 19.1. The number of halogens is 1. The lowest BCUT2D eigenvalue weighted by molar-refractivity contribution is 0.0949. The number of aromatic nitrogens is 2. The van der Waals surface area contributed by atoms with Gasteiger partial charge in [-0.3, -0.25) is 4.79 Å². The van der Waals surface area contributed by atoms with Crippen LogP contribution in [-0.4, -0.2) is 29.5 Å². The molecule has 28 heavy (non-hydrogen) atoms. The van der Waals surface area contributed by atoms with E-state index in [9.17, 15) is 9.18 Å². The average Bonchev–Trinajstić information content (AvgIpc) is 2.69. The quantitative estimate of drug-likeness (QED) is 0.654. The van der Waals surface area contributed by atoms with E-state index >= 15 is 0 Å². The number of hydrogen-bond acceptors (Lipinski definition) is 5. The van der Waals surface area contributed by atoms with E-state index in [1.165, 1.54) is 6.07 Å². The summed E-state index contributed by atoms with van der Waals surface area (Å²) in [4.78, 5) is 21.0. The zero-order valence-corrected chi connectivity index (χ0v) is 15.7. The molecule has 0 atom stereocenters. The van der Waals surface area contributed by atoms with Gasteiger partial charge in [0.15, 0.2) is 0 Å². The molecule has 0 aliphatic rings. The van der Waals surface area contributed by atoms with Gasteiger partial charge in [0.05, 0.1) is 7.11 Å². The van der Waals surface area contributed by atoms with E-state index in [4.69, 9.17) is 4.74 Å². The molecule has 1 heterocycles. The summed E-state index contributed by atoms with van der Waals surface area (Å²) in [5.74, 6) is 0.454. The van der Waals surface area contributed by atoms with Crippen molar-refractivity contribution in [1.82, 2.24) is 15.3 Å². The Morgan fingerprint density at radius 3 is 2.57 bits per heavy atom. The Hall–Kier alpha value is -3.48. The molecule has 3 aromatic rings. The van der Waals surface area contributed by atoms with Gasteiger partial charge in [-0.1, -0.05) is 18.2 Å². The number of nitrogens with one attached hydrogen (secondary N) is 2. The summed E-state index contributed by atoms with van der Waals surface area (Å²) < 4.78 is 18.8. The molecule has 1 aromatic heterocycles. The van der Waals surface area contributed by atoms with Crippen molar-refractivity contribution in [1.29, 1.82) is 0 Å². The van der Waals surface area contributed by atoms with Crippen LogP contribution in [0.3, 0.4) is 0 Å². The standard InChI is InChI=1S/C21H21FN4O2/c1-14-13-19(20(27)23-12-11-15-5-3-4-6-18(15)22)26-21(24-14)25-16-7-9-17(28-2)10-8-16/h3-10,13H,11-12H2,1-2H3,(H,23,27)(H,24,25,26). The van der Waals surface area contributed by atoms with Crippen molar-refractivity contribution in [3.05, 3.63) is 77.4 Å². The Kier molecular flexibility index (Phi) is 6.16. The van der Waals surface area contributed by atoms with Crippen molar-refractivity contribution < 1.29 is 13.9 Å². The molecular weight excluding hydrogens is 359 g/mol. The number of carbonyl (C=O) groups excluding carboxylic acids is 1. The number of rotatable bonds is 7. The molecule has 0 saturated heterocycles. The van der Waals surface area contributed by atoms with Crippen molar-refractivity contribution in [2.45, 2.75) is 13.3 Å². The fourth-order valence-corrected chi connectivity index (χ4v) is 2.65. The molecule has 0 aliphatic heterocycles. The Bertz CT molecular complexity index is 961. The number of methoxy groups -OCH3 is 1.